The van der Waals surface area contributed by atoms with Gasteiger partial charge in [0, 0.05) is 27.1 Å². The molecule has 2 heterocycles. The Hall–Kier alpha value is -3.25. The summed E-state index contributed by atoms with van der Waals surface area (Å²) in [4.78, 5) is 6.90. The minimum Gasteiger partial charge on any atom is -0.497 e. The van der Waals surface area contributed by atoms with Gasteiger partial charge in [-0.3, -0.25) is 5.10 Å². The highest BCUT2D eigenvalue weighted by molar-refractivity contribution is 7.99. The van der Waals surface area contributed by atoms with Crippen molar-refractivity contribution in [3.05, 3.63) is 78.5 Å². The van der Waals surface area contributed by atoms with Gasteiger partial charge in [-0.25, -0.2) is 4.98 Å². The molecule has 6 heteroatoms. The van der Waals surface area contributed by atoms with Gasteiger partial charge in [-0.2, -0.15) is 5.10 Å². The Morgan fingerprint density at radius 1 is 0.893 bits per heavy atom. The Kier molecular flexibility index (Phi) is 5.30. The van der Waals surface area contributed by atoms with E-state index in [1.807, 2.05) is 61.5 Å². The molecule has 0 saturated carbocycles. The van der Waals surface area contributed by atoms with Crippen LogP contribution < -0.4 is 10.1 Å². The van der Waals surface area contributed by atoms with Crippen molar-refractivity contribution in [3.8, 4) is 17.0 Å². The molecule has 0 atom stereocenters. The van der Waals surface area contributed by atoms with Gasteiger partial charge in [0.25, 0.3) is 0 Å². The molecule has 5 nitrogen and oxygen atoms in total. The molecule has 2 aromatic carbocycles. The highest BCUT2D eigenvalue weighted by Crippen LogP contribution is 2.30. The minimum atomic E-state index is 0.714. The van der Waals surface area contributed by atoms with E-state index >= 15 is 0 Å². The van der Waals surface area contributed by atoms with Gasteiger partial charge in [0.15, 0.2) is 5.82 Å². The van der Waals surface area contributed by atoms with Gasteiger partial charge in [-0.15, -0.1) is 0 Å². The molecule has 4 aromatic rings. The fourth-order valence-electron chi connectivity index (χ4n) is 2.84. The van der Waals surface area contributed by atoms with Crippen LogP contribution in [0.4, 0.5) is 11.6 Å². The second-order valence-electron chi connectivity index (χ2n) is 6.27. The maximum absolute atomic E-state index is 5.29. The van der Waals surface area contributed by atoms with Crippen LogP contribution in [-0.2, 0) is 0 Å². The lowest BCUT2D eigenvalue weighted by Crippen LogP contribution is -1.95. The second kappa shape index (κ2) is 8.19. The predicted molar refractivity (Wildman–Crippen MR) is 113 cm³/mol. The van der Waals surface area contributed by atoms with Crippen molar-refractivity contribution in [2.24, 2.45) is 0 Å². The fourth-order valence-corrected chi connectivity index (χ4v) is 3.81. The highest BCUT2D eigenvalue weighted by atomic mass is 32.2. The number of benzene rings is 2. The molecule has 0 spiro atoms. The molecule has 0 amide bonds. The van der Waals surface area contributed by atoms with Gasteiger partial charge in [0.05, 0.1) is 12.8 Å². The summed E-state index contributed by atoms with van der Waals surface area (Å²) in [5.74, 6) is 2.29. The standard InChI is InChI=1S/C22H20N4OS/c1-15-11-19(28-18-9-4-3-5-10-18)13-21(23-15)24-22-14-20(25-26-22)16-7-6-8-17(12-16)27-2/h3-14H,1-2H3,(H2,23,24,25,26). The van der Waals surface area contributed by atoms with Crippen molar-refractivity contribution >= 4 is 23.4 Å². The first-order valence-electron chi connectivity index (χ1n) is 8.88. The molecule has 2 aromatic heterocycles. The van der Waals surface area contributed by atoms with Crippen LogP contribution in [-0.4, -0.2) is 22.3 Å². The molecule has 0 aliphatic carbocycles. The minimum absolute atomic E-state index is 0.714. The van der Waals surface area contributed by atoms with E-state index in [-0.39, 0.29) is 0 Å². The Bertz CT molecular complexity index is 1080. The smallest absolute Gasteiger partial charge is 0.153 e. The number of rotatable bonds is 6. The summed E-state index contributed by atoms with van der Waals surface area (Å²) in [5.41, 5.74) is 2.87. The van der Waals surface area contributed by atoms with E-state index in [0.717, 1.165) is 33.4 Å². The third kappa shape index (κ3) is 4.35. The number of ether oxygens (including phenoxy) is 1. The zero-order chi connectivity index (χ0) is 19.3. The first-order valence-corrected chi connectivity index (χ1v) is 9.70. The van der Waals surface area contributed by atoms with Crippen molar-refractivity contribution in [1.82, 2.24) is 15.2 Å². The van der Waals surface area contributed by atoms with Gasteiger partial charge in [0.2, 0.25) is 0 Å². The number of pyridine rings is 1. The van der Waals surface area contributed by atoms with E-state index in [4.69, 9.17) is 4.74 Å². The first kappa shape index (κ1) is 18.1. The number of hydrogen-bond donors (Lipinski definition) is 2. The summed E-state index contributed by atoms with van der Waals surface area (Å²) in [6.45, 7) is 1.99. The summed E-state index contributed by atoms with van der Waals surface area (Å²) in [7, 11) is 1.66. The highest BCUT2D eigenvalue weighted by Gasteiger charge is 2.08. The molecule has 0 aliphatic rings. The monoisotopic (exact) mass is 388 g/mol. The second-order valence-corrected chi connectivity index (χ2v) is 7.42. The lowest BCUT2D eigenvalue weighted by molar-refractivity contribution is 0.415. The molecular formula is C22H20N4OS. The van der Waals surface area contributed by atoms with Crippen molar-refractivity contribution in [3.63, 3.8) is 0 Å². The van der Waals surface area contributed by atoms with E-state index in [0.29, 0.717) is 5.82 Å². The van der Waals surface area contributed by atoms with E-state index in [9.17, 15) is 0 Å². The van der Waals surface area contributed by atoms with E-state index < -0.39 is 0 Å². The molecule has 4 rings (SSSR count). The van der Waals surface area contributed by atoms with Crippen molar-refractivity contribution in [2.75, 3.05) is 12.4 Å². The number of aromatic nitrogens is 3. The molecule has 2 N–H and O–H groups in total. The number of hydrogen-bond acceptors (Lipinski definition) is 5. The normalized spacial score (nSPS) is 10.6. The van der Waals surface area contributed by atoms with Crippen LogP contribution in [0.15, 0.2) is 82.6 Å². The largest absolute Gasteiger partial charge is 0.497 e. The van der Waals surface area contributed by atoms with Gasteiger partial charge in [0.1, 0.15) is 11.6 Å². The van der Waals surface area contributed by atoms with Crippen LogP contribution >= 0.6 is 11.8 Å². The summed E-state index contributed by atoms with van der Waals surface area (Å²) in [6.07, 6.45) is 0. The molecule has 28 heavy (non-hydrogen) atoms. The van der Waals surface area contributed by atoms with Crippen LogP contribution in [0.3, 0.4) is 0 Å². The van der Waals surface area contributed by atoms with Crippen LogP contribution in [0.2, 0.25) is 0 Å². The van der Waals surface area contributed by atoms with Gasteiger partial charge in [-0.05, 0) is 43.3 Å². The molecule has 0 bridgehead atoms. The van der Waals surface area contributed by atoms with Crippen molar-refractivity contribution in [1.29, 1.82) is 0 Å². The Balaban J connectivity index is 1.54. The van der Waals surface area contributed by atoms with E-state index in [2.05, 4.69) is 38.7 Å². The average Bonchev–Trinajstić information content (AvgIpc) is 3.17. The number of nitrogens with one attached hydrogen (secondary N) is 2. The molecule has 140 valence electrons. The number of H-pyrrole nitrogens is 1. The van der Waals surface area contributed by atoms with Gasteiger partial charge in [-0.1, -0.05) is 42.1 Å². The van der Waals surface area contributed by atoms with Crippen LogP contribution in [0.5, 0.6) is 5.75 Å². The zero-order valence-corrected chi connectivity index (χ0v) is 16.5. The summed E-state index contributed by atoms with van der Waals surface area (Å²) < 4.78 is 5.29. The molecular weight excluding hydrogens is 368 g/mol. The average molecular weight is 388 g/mol. The molecule has 0 unspecified atom stereocenters. The third-order valence-electron chi connectivity index (χ3n) is 4.12. The Morgan fingerprint density at radius 2 is 1.75 bits per heavy atom. The van der Waals surface area contributed by atoms with Gasteiger partial charge < -0.3 is 10.1 Å². The first-order chi connectivity index (χ1) is 13.7. The third-order valence-corrected chi connectivity index (χ3v) is 5.10. The topological polar surface area (TPSA) is 62.8 Å². The van der Waals surface area contributed by atoms with Crippen LogP contribution in [0.1, 0.15) is 5.69 Å². The quantitative estimate of drug-likeness (QED) is 0.445. The van der Waals surface area contributed by atoms with Crippen LogP contribution in [0.25, 0.3) is 11.3 Å². The number of nitrogens with zero attached hydrogens (tertiary/aromatic N) is 2. The van der Waals surface area contributed by atoms with E-state index in [1.165, 1.54) is 4.90 Å². The van der Waals surface area contributed by atoms with Crippen molar-refractivity contribution in [2.45, 2.75) is 16.7 Å². The summed E-state index contributed by atoms with van der Waals surface area (Å²) in [5, 5.41) is 10.7. The SMILES string of the molecule is COc1cccc(-c2cc(Nc3cc(Sc4ccccc4)cc(C)n3)n[nH]2)c1. The lowest BCUT2D eigenvalue weighted by atomic mass is 10.1. The van der Waals surface area contributed by atoms with Crippen molar-refractivity contribution < 1.29 is 4.74 Å². The zero-order valence-electron chi connectivity index (χ0n) is 15.6. The van der Waals surface area contributed by atoms with E-state index in [1.54, 1.807) is 18.9 Å². The number of aromatic amines is 1. The van der Waals surface area contributed by atoms with Gasteiger partial charge >= 0.3 is 0 Å². The fraction of sp³-hybridized carbons (Fsp3) is 0.0909. The molecule has 0 aliphatic heterocycles. The predicted octanol–water partition coefficient (Wildman–Crippen LogP) is 5.68. The Labute approximate surface area is 168 Å². The lowest BCUT2D eigenvalue weighted by Gasteiger charge is -2.07. The number of methoxy groups -OCH3 is 1. The van der Waals surface area contributed by atoms with Crippen LogP contribution in [0, 0.1) is 6.92 Å². The molecule has 0 fully saturated rings. The molecule has 0 saturated heterocycles. The maximum Gasteiger partial charge on any atom is 0.153 e. The summed E-state index contributed by atoms with van der Waals surface area (Å²) >= 11 is 1.71. The maximum atomic E-state index is 5.29. The number of aryl methyl sites for hydroxylation is 1. The summed E-state index contributed by atoms with van der Waals surface area (Å²) in [6, 6.07) is 24.2. The molecule has 0 radical (unpaired) electrons. The Morgan fingerprint density at radius 3 is 2.57 bits per heavy atom. The number of anilines is 2.